The molecular weight excluding hydrogens is 257 g/mol. The molecule has 2 rings (SSSR count). The number of hydrogen-bond donors (Lipinski definition) is 0. The number of rotatable bonds is 4. The van der Waals surface area contributed by atoms with Crippen LogP contribution in [0.3, 0.4) is 0 Å². The standard InChI is InChI=1S/C16H12FNO2/c1-11(16(19)13-4-6-14(17)7-5-13)20-15-8-2-12(10-18)3-9-15/h2-9,11H,1H3/t11-/m0/s1. The summed E-state index contributed by atoms with van der Waals surface area (Å²) in [5.74, 6) is -0.108. The van der Waals surface area contributed by atoms with Crippen molar-refractivity contribution in [1.29, 1.82) is 5.26 Å². The second-order valence-electron chi connectivity index (χ2n) is 4.27. The lowest BCUT2D eigenvalue weighted by atomic mass is 10.1. The van der Waals surface area contributed by atoms with Gasteiger partial charge in [0.15, 0.2) is 6.10 Å². The van der Waals surface area contributed by atoms with Gasteiger partial charge in [-0.2, -0.15) is 5.26 Å². The van der Waals surface area contributed by atoms with Crippen LogP contribution in [0.4, 0.5) is 4.39 Å². The molecule has 1 atom stereocenters. The van der Waals surface area contributed by atoms with Crippen LogP contribution in [0.15, 0.2) is 48.5 Å². The Morgan fingerprint density at radius 1 is 1.15 bits per heavy atom. The third-order valence-electron chi connectivity index (χ3n) is 2.79. The van der Waals surface area contributed by atoms with Gasteiger partial charge in [-0.25, -0.2) is 4.39 Å². The molecule has 2 aromatic carbocycles. The first kappa shape index (κ1) is 13.8. The van der Waals surface area contributed by atoms with E-state index >= 15 is 0 Å². The van der Waals surface area contributed by atoms with Gasteiger partial charge < -0.3 is 4.74 Å². The highest BCUT2D eigenvalue weighted by Crippen LogP contribution is 2.15. The van der Waals surface area contributed by atoms with Gasteiger partial charge in [-0.3, -0.25) is 4.79 Å². The van der Waals surface area contributed by atoms with E-state index in [1.807, 2.05) is 6.07 Å². The highest BCUT2D eigenvalue weighted by Gasteiger charge is 2.16. The average molecular weight is 269 g/mol. The van der Waals surface area contributed by atoms with Crippen LogP contribution in [0.1, 0.15) is 22.8 Å². The van der Waals surface area contributed by atoms with E-state index in [2.05, 4.69) is 0 Å². The van der Waals surface area contributed by atoms with Gasteiger partial charge in [0.05, 0.1) is 11.6 Å². The minimum atomic E-state index is -0.687. The lowest BCUT2D eigenvalue weighted by molar-refractivity contribution is 0.0818. The van der Waals surface area contributed by atoms with Crippen molar-refractivity contribution >= 4 is 5.78 Å². The molecule has 4 heteroatoms. The SMILES string of the molecule is C[C@H](Oc1ccc(C#N)cc1)C(=O)c1ccc(F)cc1. The Kier molecular flexibility index (Phi) is 4.11. The minimum absolute atomic E-state index is 0.227. The summed E-state index contributed by atoms with van der Waals surface area (Å²) in [7, 11) is 0. The molecule has 0 saturated carbocycles. The Hall–Kier alpha value is -2.67. The minimum Gasteiger partial charge on any atom is -0.483 e. The topological polar surface area (TPSA) is 50.1 Å². The molecule has 0 fully saturated rings. The zero-order chi connectivity index (χ0) is 14.5. The Labute approximate surface area is 116 Å². The van der Waals surface area contributed by atoms with Gasteiger partial charge in [-0.1, -0.05) is 0 Å². The highest BCUT2D eigenvalue weighted by molar-refractivity contribution is 5.99. The molecular formula is C16H12FNO2. The molecule has 2 aromatic rings. The molecule has 0 N–H and O–H groups in total. The third kappa shape index (κ3) is 3.21. The first-order valence-electron chi connectivity index (χ1n) is 6.07. The summed E-state index contributed by atoms with van der Waals surface area (Å²) in [6.07, 6.45) is -0.687. The maximum absolute atomic E-state index is 12.8. The lowest BCUT2D eigenvalue weighted by Crippen LogP contribution is -2.23. The number of benzene rings is 2. The van der Waals surface area contributed by atoms with Crippen molar-refractivity contribution in [3.8, 4) is 11.8 Å². The fraction of sp³-hybridized carbons (Fsp3) is 0.125. The van der Waals surface area contributed by atoms with Gasteiger partial charge in [-0.15, -0.1) is 0 Å². The van der Waals surface area contributed by atoms with Crippen LogP contribution >= 0.6 is 0 Å². The van der Waals surface area contributed by atoms with E-state index < -0.39 is 6.10 Å². The van der Waals surface area contributed by atoms with Crippen molar-refractivity contribution in [2.75, 3.05) is 0 Å². The number of nitrogens with zero attached hydrogens (tertiary/aromatic N) is 1. The van der Waals surface area contributed by atoms with Crippen molar-refractivity contribution in [1.82, 2.24) is 0 Å². The fourth-order valence-corrected chi connectivity index (χ4v) is 1.71. The van der Waals surface area contributed by atoms with Gasteiger partial charge in [0.2, 0.25) is 5.78 Å². The van der Waals surface area contributed by atoms with Crippen LogP contribution in [0.2, 0.25) is 0 Å². The van der Waals surface area contributed by atoms with Gasteiger partial charge in [0.1, 0.15) is 11.6 Å². The molecule has 0 saturated heterocycles. The molecule has 0 aliphatic rings. The number of carbonyl (C=O) groups is 1. The van der Waals surface area contributed by atoms with E-state index in [9.17, 15) is 9.18 Å². The normalized spacial score (nSPS) is 11.4. The molecule has 100 valence electrons. The Morgan fingerprint density at radius 2 is 1.75 bits per heavy atom. The number of ketones is 1. The Morgan fingerprint density at radius 3 is 2.30 bits per heavy atom. The molecule has 20 heavy (non-hydrogen) atoms. The van der Waals surface area contributed by atoms with Gasteiger partial charge in [-0.05, 0) is 55.5 Å². The maximum atomic E-state index is 12.8. The smallest absolute Gasteiger partial charge is 0.202 e. The molecule has 0 unspecified atom stereocenters. The first-order chi connectivity index (χ1) is 9.60. The molecule has 0 bridgehead atoms. The molecule has 0 aliphatic carbocycles. The Bertz CT molecular complexity index is 642. The number of nitriles is 1. The van der Waals surface area contributed by atoms with Crippen molar-refractivity contribution < 1.29 is 13.9 Å². The van der Waals surface area contributed by atoms with Gasteiger partial charge in [0.25, 0.3) is 0 Å². The van der Waals surface area contributed by atoms with E-state index in [0.717, 1.165) is 0 Å². The van der Waals surface area contributed by atoms with E-state index in [1.165, 1.54) is 24.3 Å². The number of halogens is 1. The summed E-state index contributed by atoms with van der Waals surface area (Å²) < 4.78 is 18.3. The summed E-state index contributed by atoms with van der Waals surface area (Å²) >= 11 is 0. The van der Waals surface area contributed by atoms with E-state index in [0.29, 0.717) is 16.9 Å². The molecule has 3 nitrogen and oxygen atoms in total. The van der Waals surface area contributed by atoms with Gasteiger partial charge in [0, 0.05) is 5.56 Å². The molecule has 0 aromatic heterocycles. The number of carbonyl (C=O) groups excluding carboxylic acids is 1. The van der Waals surface area contributed by atoms with Gasteiger partial charge >= 0.3 is 0 Å². The summed E-state index contributed by atoms with van der Waals surface area (Å²) in [4.78, 5) is 12.1. The first-order valence-corrected chi connectivity index (χ1v) is 6.07. The second kappa shape index (κ2) is 5.98. The van der Waals surface area contributed by atoms with Crippen molar-refractivity contribution in [2.24, 2.45) is 0 Å². The van der Waals surface area contributed by atoms with Crippen LogP contribution in [-0.2, 0) is 0 Å². The summed E-state index contributed by atoms with van der Waals surface area (Å²) in [5, 5.41) is 8.69. The zero-order valence-electron chi connectivity index (χ0n) is 10.8. The number of ether oxygens (including phenoxy) is 1. The molecule has 0 heterocycles. The van der Waals surface area contributed by atoms with Crippen molar-refractivity contribution in [3.63, 3.8) is 0 Å². The molecule has 0 spiro atoms. The summed E-state index contributed by atoms with van der Waals surface area (Å²) in [6, 6.07) is 13.8. The van der Waals surface area contributed by atoms with Crippen LogP contribution in [0, 0.1) is 17.1 Å². The van der Waals surface area contributed by atoms with Crippen molar-refractivity contribution in [2.45, 2.75) is 13.0 Å². The monoisotopic (exact) mass is 269 g/mol. The quantitative estimate of drug-likeness (QED) is 0.800. The number of Topliss-reactive ketones (excluding diaryl/α,β-unsaturated/α-hetero) is 1. The third-order valence-corrected chi connectivity index (χ3v) is 2.79. The Balaban J connectivity index is 2.07. The second-order valence-corrected chi connectivity index (χ2v) is 4.27. The average Bonchev–Trinajstić information content (AvgIpc) is 2.48. The zero-order valence-corrected chi connectivity index (χ0v) is 10.8. The van der Waals surface area contributed by atoms with Crippen LogP contribution in [0.5, 0.6) is 5.75 Å². The van der Waals surface area contributed by atoms with E-state index in [-0.39, 0.29) is 11.6 Å². The van der Waals surface area contributed by atoms with Crippen LogP contribution in [-0.4, -0.2) is 11.9 Å². The predicted molar refractivity (Wildman–Crippen MR) is 72.0 cm³/mol. The van der Waals surface area contributed by atoms with Crippen LogP contribution in [0.25, 0.3) is 0 Å². The molecule has 0 amide bonds. The summed E-state index contributed by atoms with van der Waals surface area (Å²) in [5.41, 5.74) is 0.919. The van der Waals surface area contributed by atoms with E-state index in [4.69, 9.17) is 10.00 Å². The number of hydrogen-bond acceptors (Lipinski definition) is 3. The summed E-state index contributed by atoms with van der Waals surface area (Å²) in [6.45, 7) is 1.63. The lowest BCUT2D eigenvalue weighted by Gasteiger charge is -2.13. The maximum Gasteiger partial charge on any atom is 0.202 e. The molecule has 0 radical (unpaired) electrons. The highest BCUT2D eigenvalue weighted by atomic mass is 19.1. The predicted octanol–water partition coefficient (Wildman–Crippen LogP) is 3.35. The van der Waals surface area contributed by atoms with E-state index in [1.54, 1.807) is 31.2 Å². The van der Waals surface area contributed by atoms with Crippen LogP contribution < -0.4 is 4.74 Å². The fourth-order valence-electron chi connectivity index (χ4n) is 1.71. The van der Waals surface area contributed by atoms with Crippen molar-refractivity contribution in [3.05, 3.63) is 65.5 Å². The largest absolute Gasteiger partial charge is 0.483 e. The molecule has 0 aliphatic heterocycles.